The maximum Gasteiger partial charge on any atom is 0.234 e. The highest BCUT2D eigenvalue weighted by atomic mass is 16.3. The van der Waals surface area contributed by atoms with Crippen LogP contribution in [-0.2, 0) is 11.2 Å². The molecule has 1 heterocycles. The Kier molecular flexibility index (Phi) is 3.82. The minimum atomic E-state index is -0.389. The Hall–Kier alpha value is -3.13. The van der Waals surface area contributed by atoms with Gasteiger partial charge in [0.25, 0.3) is 0 Å². The predicted molar refractivity (Wildman–Crippen MR) is 82.8 cm³/mol. The van der Waals surface area contributed by atoms with E-state index in [-0.39, 0.29) is 35.8 Å². The van der Waals surface area contributed by atoms with Crippen LogP contribution in [0, 0.1) is 0 Å². The Morgan fingerprint density at radius 2 is 2.00 bits per heavy atom. The molecule has 0 aliphatic heterocycles. The fourth-order valence-electron chi connectivity index (χ4n) is 2.39. The van der Waals surface area contributed by atoms with Crippen LogP contribution < -0.4 is 11.3 Å². The molecule has 5 N–H and O–H groups in total. The zero-order valence-electron chi connectivity index (χ0n) is 12.1. The number of amides is 1. The Labute approximate surface area is 131 Å². The number of benzene rings is 2. The van der Waals surface area contributed by atoms with Gasteiger partial charge in [0.15, 0.2) is 0 Å². The van der Waals surface area contributed by atoms with Crippen molar-refractivity contribution in [1.29, 1.82) is 0 Å². The van der Waals surface area contributed by atoms with Crippen LogP contribution in [0.4, 0.5) is 0 Å². The Morgan fingerprint density at radius 1 is 1.22 bits per heavy atom. The number of aromatic hydroxyl groups is 2. The molecule has 1 amide bonds. The molecule has 3 rings (SSSR count). The van der Waals surface area contributed by atoms with E-state index >= 15 is 0 Å². The molecule has 0 unspecified atom stereocenters. The van der Waals surface area contributed by atoms with Crippen molar-refractivity contribution in [3.8, 4) is 17.2 Å². The van der Waals surface area contributed by atoms with Crippen molar-refractivity contribution in [2.45, 2.75) is 12.8 Å². The highest BCUT2D eigenvalue weighted by Gasteiger charge is 2.17. The van der Waals surface area contributed by atoms with Gasteiger partial charge in [-0.05, 0) is 30.7 Å². The Bertz CT molecular complexity index is 875. The van der Waals surface area contributed by atoms with E-state index in [9.17, 15) is 15.0 Å². The molecule has 0 bridgehead atoms. The molecular weight excluding hydrogens is 298 g/mol. The topological polar surface area (TPSA) is 126 Å². The van der Waals surface area contributed by atoms with Crippen LogP contribution in [0.1, 0.15) is 12.0 Å². The molecule has 0 spiro atoms. The third kappa shape index (κ3) is 2.67. The third-order valence-electron chi connectivity index (χ3n) is 3.58. The molecular formula is C15H15N5O3. The molecule has 0 atom stereocenters. The molecule has 0 saturated heterocycles. The summed E-state index contributed by atoms with van der Waals surface area (Å²) in [7, 11) is 0. The number of hydrazine groups is 1. The van der Waals surface area contributed by atoms with Gasteiger partial charge in [0.05, 0.1) is 5.52 Å². The van der Waals surface area contributed by atoms with Crippen LogP contribution in [0.15, 0.2) is 36.4 Å². The fraction of sp³-hybridized carbons (Fsp3) is 0.133. The lowest BCUT2D eigenvalue weighted by Gasteiger charge is -2.11. The van der Waals surface area contributed by atoms with Crippen LogP contribution in [0.3, 0.4) is 0 Å². The van der Waals surface area contributed by atoms with Gasteiger partial charge < -0.3 is 10.2 Å². The summed E-state index contributed by atoms with van der Waals surface area (Å²) in [6.45, 7) is 0. The zero-order chi connectivity index (χ0) is 16.4. The minimum Gasteiger partial charge on any atom is -0.508 e. The van der Waals surface area contributed by atoms with Gasteiger partial charge >= 0.3 is 0 Å². The predicted octanol–water partition coefficient (Wildman–Crippen LogP) is 0.754. The number of hydrogen-bond donors (Lipinski definition) is 4. The maximum absolute atomic E-state index is 11.3. The van der Waals surface area contributed by atoms with Crippen molar-refractivity contribution in [3.63, 3.8) is 0 Å². The second kappa shape index (κ2) is 5.93. The number of phenolic OH excluding ortho intramolecular Hbond substituents is 2. The monoisotopic (exact) mass is 313 g/mol. The van der Waals surface area contributed by atoms with E-state index in [1.807, 2.05) is 29.7 Å². The van der Waals surface area contributed by atoms with Gasteiger partial charge in [-0.25, -0.2) is 10.5 Å². The average molecular weight is 313 g/mol. The van der Waals surface area contributed by atoms with Gasteiger partial charge in [-0.2, -0.15) is 0 Å². The maximum atomic E-state index is 11.3. The van der Waals surface area contributed by atoms with Gasteiger partial charge in [0.1, 0.15) is 22.7 Å². The standard InChI is InChI=1S/C15H15N5O3/c16-17-14(22)8-5-9-13(21)7-6-12(15(9)23)20-11-4-2-1-3-10(11)18-19-20/h1-4,6-7,21,23H,5,8,16H2,(H,17,22). The van der Waals surface area contributed by atoms with Crippen LogP contribution >= 0.6 is 0 Å². The summed E-state index contributed by atoms with van der Waals surface area (Å²) in [6, 6.07) is 10.3. The number of aromatic nitrogens is 3. The Balaban J connectivity index is 2.05. The van der Waals surface area contributed by atoms with E-state index in [1.165, 1.54) is 16.8 Å². The molecule has 0 radical (unpaired) electrons. The molecule has 0 aliphatic carbocycles. The quantitative estimate of drug-likeness (QED) is 0.320. The third-order valence-corrected chi connectivity index (χ3v) is 3.58. The van der Waals surface area contributed by atoms with E-state index < -0.39 is 0 Å². The first-order chi connectivity index (χ1) is 11.1. The van der Waals surface area contributed by atoms with E-state index in [0.717, 1.165) is 5.52 Å². The number of nitrogens with one attached hydrogen (secondary N) is 1. The molecule has 8 nitrogen and oxygen atoms in total. The zero-order valence-corrected chi connectivity index (χ0v) is 12.1. The van der Waals surface area contributed by atoms with Crippen molar-refractivity contribution in [3.05, 3.63) is 42.0 Å². The number of rotatable bonds is 4. The molecule has 8 heteroatoms. The number of hydrogen-bond acceptors (Lipinski definition) is 6. The van der Waals surface area contributed by atoms with E-state index in [4.69, 9.17) is 5.84 Å². The van der Waals surface area contributed by atoms with Crippen molar-refractivity contribution < 1.29 is 15.0 Å². The summed E-state index contributed by atoms with van der Waals surface area (Å²) in [4.78, 5) is 11.3. The van der Waals surface area contributed by atoms with Gasteiger partial charge in [0, 0.05) is 12.0 Å². The van der Waals surface area contributed by atoms with Crippen LogP contribution in [0.2, 0.25) is 0 Å². The highest BCUT2D eigenvalue weighted by molar-refractivity contribution is 5.78. The number of nitrogens with two attached hydrogens (primary N) is 1. The van der Waals surface area contributed by atoms with E-state index in [1.54, 1.807) is 0 Å². The van der Waals surface area contributed by atoms with Crippen LogP contribution in [0.25, 0.3) is 16.7 Å². The first kappa shape index (κ1) is 14.8. The van der Waals surface area contributed by atoms with Crippen LogP contribution in [-0.4, -0.2) is 31.1 Å². The Morgan fingerprint density at radius 3 is 2.78 bits per heavy atom. The van der Waals surface area contributed by atoms with E-state index in [2.05, 4.69) is 10.3 Å². The smallest absolute Gasteiger partial charge is 0.234 e. The van der Waals surface area contributed by atoms with Crippen molar-refractivity contribution in [2.75, 3.05) is 0 Å². The summed E-state index contributed by atoms with van der Waals surface area (Å²) in [6.07, 6.45) is 0.181. The molecule has 0 aliphatic rings. The average Bonchev–Trinajstić information content (AvgIpc) is 2.98. The molecule has 0 fully saturated rings. The molecule has 3 aromatic rings. The summed E-state index contributed by atoms with van der Waals surface area (Å²) < 4.78 is 1.48. The summed E-state index contributed by atoms with van der Waals surface area (Å²) in [5.41, 5.74) is 4.05. The highest BCUT2D eigenvalue weighted by Crippen LogP contribution is 2.34. The second-order valence-electron chi connectivity index (χ2n) is 4.99. The van der Waals surface area contributed by atoms with Gasteiger partial charge in [0.2, 0.25) is 5.91 Å². The molecule has 1 aromatic heterocycles. The van der Waals surface area contributed by atoms with Crippen molar-refractivity contribution in [1.82, 2.24) is 20.4 Å². The van der Waals surface area contributed by atoms with Gasteiger partial charge in [-0.3, -0.25) is 10.2 Å². The first-order valence-corrected chi connectivity index (χ1v) is 6.96. The van der Waals surface area contributed by atoms with Crippen molar-refractivity contribution in [2.24, 2.45) is 5.84 Å². The fourth-order valence-corrected chi connectivity index (χ4v) is 2.39. The van der Waals surface area contributed by atoms with E-state index in [0.29, 0.717) is 11.2 Å². The molecule has 2 aromatic carbocycles. The van der Waals surface area contributed by atoms with Gasteiger partial charge in [-0.15, -0.1) is 5.10 Å². The largest absolute Gasteiger partial charge is 0.508 e. The number of fused-ring (bicyclic) bond motifs is 1. The van der Waals surface area contributed by atoms with Crippen LogP contribution in [0.5, 0.6) is 11.5 Å². The summed E-state index contributed by atoms with van der Waals surface area (Å²) in [5.74, 6) is 4.40. The minimum absolute atomic E-state index is 0.0409. The summed E-state index contributed by atoms with van der Waals surface area (Å²) in [5, 5.41) is 28.5. The lowest BCUT2D eigenvalue weighted by atomic mass is 10.1. The normalized spacial score (nSPS) is 10.8. The van der Waals surface area contributed by atoms with Gasteiger partial charge in [-0.1, -0.05) is 17.3 Å². The molecule has 118 valence electrons. The molecule has 23 heavy (non-hydrogen) atoms. The summed E-state index contributed by atoms with van der Waals surface area (Å²) >= 11 is 0. The number of para-hydroxylation sites is 1. The SMILES string of the molecule is NNC(=O)CCc1c(O)ccc(-n2nnc3ccccc32)c1O. The first-order valence-electron chi connectivity index (χ1n) is 6.96. The number of carbonyl (C=O) groups excluding carboxylic acids is 1. The lowest BCUT2D eigenvalue weighted by molar-refractivity contribution is -0.121. The molecule has 0 saturated carbocycles. The van der Waals surface area contributed by atoms with Crippen molar-refractivity contribution >= 4 is 16.9 Å². The number of phenols is 2. The second-order valence-corrected chi connectivity index (χ2v) is 4.99. The number of carbonyl (C=O) groups is 1. The number of nitrogens with zero attached hydrogens (tertiary/aromatic N) is 3. The lowest BCUT2D eigenvalue weighted by Crippen LogP contribution is -2.30.